The Balaban J connectivity index is 2.47. The third-order valence-electron chi connectivity index (χ3n) is 2.37. The molecule has 0 aromatic carbocycles. The number of aliphatic carboxylic acids is 1. The number of carbonyl (C=O) groups is 2. The second-order valence-electron chi connectivity index (χ2n) is 3.70. The van der Waals surface area contributed by atoms with E-state index in [1.54, 1.807) is 12.4 Å². The number of rotatable bonds is 5. The zero-order chi connectivity index (χ0) is 13.5. The molecule has 7 nitrogen and oxygen atoms in total. The van der Waals surface area contributed by atoms with E-state index in [0.717, 1.165) is 11.1 Å². The van der Waals surface area contributed by atoms with Crippen LogP contribution >= 0.6 is 0 Å². The van der Waals surface area contributed by atoms with E-state index in [9.17, 15) is 9.59 Å². The van der Waals surface area contributed by atoms with Crippen LogP contribution in [0.15, 0.2) is 18.5 Å². The zero-order valence-corrected chi connectivity index (χ0v) is 9.88. The van der Waals surface area contributed by atoms with Crippen LogP contribution in [0, 0.1) is 6.92 Å². The van der Waals surface area contributed by atoms with Gasteiger partial charge in [0, 0.05) is 18.9 Å². The summed E-state index contributed by atoms with van der Waals surface area (Å²) in [5.41, 5.74) is 1.81. The number of carboxylic acid groups (broad SMARTS) is 1. The summed E-state index contributed by atoms with van der Waals surface area (Å²) in [5, 5.41) is 22.0. The van der Waals surface area contributed by atoms with E-state index < -0.39 is 24.6 Å². The number of carbonyl (C=O) groups excluding carboxylic acids is 1. The second-order valence-corrected chi connectivity index (χ2v) is 3.70. The van der Waals surface area contributed by atoms with Gasteiger partial charge in [-0.3, -0.25) is 4.98 Å². The fourth-order valence-corrected chi connectivity index (χ4v) is 1.25. The SMILES string of the molecule is Cc1ccncc1CNC(=O)NC(CO)C(=O)O. The molecule has 4 N–H and O–H groups in total. The molecule has 0 aliphatic carbocycles. The van der Waals surface area contributed by atoms with Crippen molar-refractivity contribution in [2.24, 2.45) is 0 Å². The molecule has 0 spiro atoms. The average Bonchev–Trinajstić information content (AvgIpc) is 2.34. The summed E-state index contributed by atoms with van der Waals surface area (Å²) < 4.78 is 0. The molecule has 2 amide bonds. The summed E-state index contributed by atoms with van der Waals surface area (Å²) in [5.74, 6) is -1.29. The zero-order valence-electron chi connectivity index (χ0n) is 9.88. The fraction of sp³-hybridized carbons (Fsp3) is 0.364. The lowest BCUT2D eigenvalue weighted by atomic mass is 10.2. The van der Waals surface area contributed by atoms with Crippen LogP contribution in [0.4, 0.5) is 4.79 Å². The minimum atomic E-state index is -1.31. The van der Waals surface area contributed by atoms with Gasteiger partial charge in [-0.05, 0) is 24.1 Å². The van der Waals surface area contributed by atoms with Crippen molar-refractivity contribution in [1.82, 2.24) is 15.6 Å². The van der Waals surface area contributed by atoms with Gasteiger partial charge in [-0.15, -0.1) is 0 Å². The molecular weight excluding hydrogens is 238 g/mol. The molecular formula is C11H15N3O4. The number of aryl methyl sites for hydroxylation is 1. The van der Waals surface area contributed by atoms with Gasteiger partial charge < -0.3 is 20.8 Å². The third-order valence-corrected chi connectivity index (χ3v) is 2.37. The molecule has 1 aromatic heterocycles. The summed E-state index contributed by atoms with van der Waals surface area (Å²) in [7, 11) is 0. The van der Waals surface area contributed by atoms with Crippen LogP contribution in [0.2, 0.25) is 0 Å². The van der Waals surface area contributed by atoms with Crippen LogP contribution in [0.3, 0.4) is 0 Å². The summed E-state index contributed by atoms with van der Waals surface area (Å²) in [4.78, 5) is 25.9. The number of hydrogen-bond donors (Lipinski definition) is 4. The standard InChI is InChI=1S/C11H15N3O4/c1-7-2-3-12-4-8(7)5-13-11(18)14-9(6-15)10(16)17/h2-4,9,15H,5-6H2,1H3,(H,16,17)(H2,13,14,18). The number of aliphatic hydroxyl groups is 1. The lowest BCUT2D eigenvalue weighted by Gasteiger charge is -2.13. The molecule has 7 heteroatoms. The predicted octanol–water partition coefficient (Wildman–Crippen LogP) is -0.365. The van der Waals surface area contributed by atoms with Gasteiger partial charge in [0.15, 0.2) is 6.04 Å². The van der Waals surface area contributed by atoms with Gasteiger partial charge in [0.1, 0.15) is 0 Å². The number of amides is 2. The first kappa shape index (κ1) is 13.9. The van der Waals surface area contributed by atoms with E-state index in [1.807, 2.05) is 13.0 Å². The van der Waals surface area contributed by atoms with E-state index in [-0.39, 0.29) is 6.54 Å². The van der Waals surface area contributed by atoms with E-state index in [4.69, 9.17) is 10.2 Å². The van der Waals surface area contributed by atoms with E-state index in [2.05, 4.69) is 15.6 Å². The van der Waals surface area contributed by atoms with Crippen LogP contribution < -0.4 is 10.6 Å². The smallest absolute Gasteiger partial charge is 0.328 e. The molecule has 0 fully saturated rings. The molecule has 98 valence electrons. The van der Waals surface area contributed by atoms with E-state index >= 15 is 0 Å². The van der Waals surface area contributed by atoms with Gasteiger partial charge in [-0.25, -0.2) is 9.59 Å². The van der Waals surface area contributed by atoms with Crippen molar-refractivity contribution in [3.8, 4) is 0 Å². The summed E-state index contributed by atoms with van der Waals surface area (Å²) in [6, 6.07) is -0.150. The molecule has 0 radical (unpaired) electrons. The van der Waals surface area contributed by atoms with Gasteiger partial charge in [-0.2, -0.15) is 0 Å². The van der Waals surface area contributed by atoms with Crippen LogP contribution in [-0.2, 0) is 11.3 Å². The predicted molar refractivity (Wildman–Crippen MR) is 62.9 cm³/mol. The highest BCUT2D eigenvalue weighted by atomic mass is 16.4. The first-order chi connectivity index (χ1) is 8.54. The fourth-order valence-electron chi connectivity index (χ4n) is 1.25. The lowest BCUT2D eigenvalue weighted by molar-refractivity contribution is -0.140. The molecule has 1 aromatic rings. The number of nitrogens with zero attached hydrogens (tertiary/aromatic N) is 1. The van der Waals surface area contributed by atoms with Crippen LogP contribution in [0.25, 0.3) is 0 Å². The molecule has 1 atom stereocenters. The van der Waals surface area contributed by atoms with Gasteiger partial charge >= 0.3 is 12.0 Å². The first-order valence-corrected chi connectivity index (χ1v) is 5.32. The van der Waals surface area contributed by atoms with Crippen molar-refractivity contribution in [2.75, 3.05) is 6.61 Å². The number of aromatic nitrogens is 1. The van der Waals surface area contributed by atoms with Gasteiger partial charge in [0.25, 0.3) is 0 Å². The molecule has 18 heavy (non-hydrogen) atoms. The number of pyridine rings is 1. The highest BCUT2D eigenvalue weighted by Crippen LogP contribution is 2.03. The molecule has 0 aliphatic rings. The van der Waals surface area contributed by atoms with Gasteiger partial charge in [0.05, 0.1) is 6.61 Å². The molecule has 1 heterocycles. The van der Waals surface area contributed by atoms with Crippen molar-refractivity contribution in [2.45, 2.75) is 19.5 Å². The van der Waals surface area contributed by atoms with E-state index in [1.165, 1.54) is 0 Å². The Morgan fingerprint density at radius 3 is 2.78 bits per heavy atom. The Morgan fingerprint density at radius 1 is 1.50 bits per heavy atom. The van der Waals surface area contributed by atoms with Crippen molar-refractivity contribution < 1.29 is 19.8 Å². The van der Waals surface area contributed by atoms with Crippen molar-refractivity contribution in [3.05, 3.63) is 29.6 Å². The quantitative estimate of drug-likeness (QED) is 0.572. The Morgan fingerprint density at radius 2 is 2.22 bits per heavy atom. The average molecular weight is 253 g/mol. The maximum absolute atomic E-state index is 11.4. The van der Waals surface area contributed by atoms with Gasteiger partial charge in [-0.1, -0.05) is 0 Å². The second kappa shape index (κ2) is 6.55. The van der Waals surface area contributed by atoms with Crippen molar-refractivity contribution in [3.63, 3.8) is 0 Å². The van der Waals surface area contributed by atoms with Crippen LogP contribution in [0.5, 0.6) is 0 Å². The summed E-state index contributed by atoms with van der Waals surface area (Å²) in [6.45, 7) is 1.46. The van der Waals surface area contributed by atoms with Crippen LogP contribution in [0.1, 0.15) is 11.1 Å². The monoisotopic (exact) mass is 253 g/mol. The Labute approximate surface area is 104 Å². The number of aliphatic hydroxyl groups excluding tert-OH is 1. The lowest BCUT2D eigenvalue weighted by Crippen LogP contribution is -2.47. The summed E-state index contributed by atoms with van der Waals surface area (Å²) >= 11 is 0. The molecule has 0 saturated carbocycles. The Kier molecular flexibility index (Phi) is 5.06. The highest BCUT2D eigenvalue weighted by Gasteiger charge is 2.18. The maximum atomic E-state index is 11.4. The number of urea groups is 1. The molecule has 1 rings (SSSR count). The molecule has 0 bridgehead atoms. The molecule has 0 aliphatic heterocycles. The molecule has 0 saturated heterocycles. The van der Waals surface area contributed by atoms with Crippen molar-refractivity contribution >= 4 is 12.0 Å². The molecule has 1 unspecified atom stereocenters. The Bertz CT molecular complexity index is 436. The van der Waals surface area contributed by atoms with Gasteiger partial charge in [0.2, 0.25) is 0 Å². The normalized spacial score (nSPS) is 11.7. The third kappa shape index (κ3) is 4.02. The van der Waals surface area contributed by atoms with Crippen molar-refractivity contribution in [1.29, 1.82) is 0 Å². The Hall–Kier alpha value is -2.15. The number of carboxylic acids is 1. The largest absolute Gasteiger partial charge is 0.480 e. The number of hydrogen-bond acceptors (Lipinski definition) is 4. The minimum Gasteiger partial charge on any atom is -0.480 e. The first-order valence-electron chi connectivity index (χ1n) is 5.32. The van der Waals surface area contributed by atoms with E-state index in [0.29, 0.717) is 0 Å². The minimum absolute atomic E-state index is 0.239. The summed E-state index contributed by atoms with van der Waals surface area (Å²) in [6.07, 6.45) is 3.27. The topological polar surface area (TPSA) is 112 Å². The highest BCUT2D eigenvalue weighted by molar-refractivity contribution is 5.82. The van der Waals surface area contributed by atoms with Crippen LogP contribution in [-0.4, -0.2) is 39.8 Å². The maximum Gasteiger partial charge on any atom is 0.328 e. The number of nitrogens with one attached hydrogen (secondary N) is 2.